The molecule has 0 aliphatic rings. The second-order valence-corrected chi connectivity index (χ2v) is 4.83. The fourth-order valence-corrected chi connectivity index (χ4v) is 2.16. The van der Waals surface area contributed by atoms with Gasteiger partial charge in [-0.3, -0.25) is 20.2 Å². The predicted octanol–water partition coefficient (Wildman–Crippen LogP) is 3.01. The van der Waals surface area contributed by atoms with Crippen molar-refractivity contribution in [2.45, 2.75) is 6.92 Å². The van der Waals surface area contributed by atoms with Gasteiger partial charge in [-0.15, -0.1) is 11.3 Å². The summed E-state index contributed by atoms with van der Waals surface area (Å²) in [6.07, 6.45) is 2.83. The van der Waals surface area contributed by atoms with Gasteiger partial charge < -0.3 is 0 Å². The monoisotopic (exact) mass is 289 g/mol. The number of nitro benzene ring substituents is 1. The van der Waals surface area contributed by atoms with Gasteiger partial charge in [0, 0.05) is 23.6 Å². The predicted molar refractivity (Wildman–Crippen MR) is 77.6 cm³/mol. The van der Waals surface area contributed by atoms with Gasteiger partial charge in [0.2, 0.25) is 5.91 Å². The highest BCUT2D eigenvalue weighted by Gasteiger charge is 2.05. The Bertz CT molecular complexity index is 679. The van der Waals surface area contributed by atoms with E-state index in [-0.39, 0.29) is 11.6 Å². The summed E-state index contributed by atoms with van der Waals surface area (Å²) >= 11 is 1.34. The summed E-state index contributed by atoms with van der Waals surface area (Å²) in [6, 6.07) is 6.05. The van der Waals surface area contributed by atoms with E-state index in [1.54, 1.807) is 12.1 Å². The molecule has 1 aromatic heterocycles. The van der Waals surface area contributed by atoms with Crippen molar-refractivity contribution in [1.82, 2.24) is 4.98 Å². The van der Waals surface area contributed by atoms with E-state index in [9.17, 15) is 14.9 Å². The van der Waals surface area contributed by atoms with E-state index >= 15 is 0 Å². The Kier molecular flexibility index (Phi) is 4.21. The highest BCUT2D eigenvalue weighted by atomic mass is 32.1. The molecular formula is C13H11N3O3S. The molecule has 1 heterocycles. The SMILES string of the molecule is Cc1csc(NC(=O)/C=C/c2cccc([N+](=O)[O-])c2)n1. The van der Waals surface area contributed by atoms with Gasteiger partial charge in [-0.1, -0.05) is 12.1 Å². The van der Waals surface area contributed by atoms with Crippen LogP contribution in [0.3, 0.4) is 0 Å². The van der Waals surface area contributed by atoms with Crippen LogP contribution in [0.15, 0.2) is 35.7 Å². The number of benzene rings is 1. The molecule has 0 fully saturated rings. The second kappa shape index (κ2) is 6.07. The molecule has 0 atom stereocenters. The van der Waals surface area contributed by atoms with Gasteiger partial charge in [-0.2, -0.15) is 0 Å². The first-order valence-corrected chi connectivity index (χ1v) is 6.58. The first kappa shape index (κ1) is 13.9. The number of non-ortho nitro benzene ring substituents is 1. The van der Waals surface area contributed by atoms with Crippen molar-refractivity contribution < 1.29 is 9.72 Å². The lowest BCUT2D eigenvalue weighted by molar-refractivity contribution is -0.384. The van der Waals surface area contributed by atoms with Gasteiger partial charge in [-0.05, 0) is 18.6 Å². The molecule has 1 N–H and O–H groups in total. The van der Waals surface area contributed by atoms with Crippen LogP contribution in [-0.2, 0) is 4.79 Å². The average molecular weight is 289 g/mol. The molecule has 0 bridgehead atoms. The minimum absolute atomic E-state index is 0.0110. The van der Waals surface area contributed by atoms with E-state index in [0.29, 0.717) is 10.7 Å². The van der Waals surface area contributed by atoms with Gasteiger partial charge >= 0.3 is 0 Å². The highest BCUT2D eigenvalue weighted by molar-refractivity contribution is 7.13. The normalized spacial score (nSPS) is 10.7. The molecular weight excluding hydrogens is 278 g/mol. The lowest BCUT2D eigenvalue weighted by Crippen LogP contribution is -2.07. The van der Waals surface area contributed by atoms with Crippen LogP contribution >= 0.6 is 11.3 Å². The quantitative estimate of drug-likeness (QED) is 0.532. The van der Waals surface area contributed by atoms with E-state index in [1.165, 1.54) is 35.6 Å². The average Bonchev–Trinajstić information content (AvgIpc) is 2.82. The molecule has 0 saturated carbocycles. The standard InChI is InChI=1S/C13H11N3O3S/c1-9-8-20-13(14-9)15-12(17)6-5-10-3-2-4-11(7-10)16(18)19/h2-8H,1H3,(H,14,15,17)/b6-5+. The topological polar surface area (TPSA) is 85.1 Å². The molecule has 2 rings (SSSR count). The first-order chi connectivity index (χ1) is 9.54. The number of hydrogen-bond acceptors (Lipinski definition) is 5. The number of nitrogens with one attached hydrogen (secondary N) is 1. The number of amides is 1. The van der Waals surface area contributed by atoms with Crippen LogP contribution in [0, 0.1) is 17.0 Å². The molecule has 0 radical (unpaired) electrons. The van der Waals surface area contributed by atoms with Crippen LogP contribution < -0.4 is 5.32 Å². The summed E-state index contributed by atoms with van der Waals surface area (Å²) < 4.78 is 0. The molecule has 0 unspecified atom stereocenters. The van der Waals surface area contributed by atoms with Crippen LogP contribution in [0.2, 0.25) is 0 Å². The maximum Gasteiger partial charge on any atom is 0.270 e. The van der Waals surface area contributed by atoms with Crippen LogP contribution in [-0.4, -0.2) is 15.8 Å². The van der Waals surface area contributed by atoms with Crippen molar-refractivity contribution >= 4 is 34.1 Å². The number of aromatic nitrogens is 1. The Morgan fingerprint density at radius 2 is 2.30 bits per heavy atom. The van der Waals surface area contributed by atoms with Gasteiger partial charge in [0.05, 0.1) is 10.6 Å². The zero-order valence-electron chi connectivity index (χ0n) is 10.6. The smallest absolute Gasteiger partial charge is 0.270 e. The van der Waals surface area contributed by atoms with Crippen LogP contribution in [0.25, 0.3) is 6.08 Å². The first-order valence-electron chi connectivity index (χ1n) is 5.70. The number of anilines is 1. The minimum Gasteiger partial charge on any atom is -0.298 e. The van der Waals surface area contributed by atoms with Crippen molar-refractivity contribution in [2.75, 3.05) is 5.32 Å². The Hall–Kier alpha value is -2.54. The summed E-state index contributed by atoms with van der Waals surface area (Å²) in [6.45, 7) is 1.84. The van der Waals surface area contributed by atoms with Crippen molar-refractivity contribution in [3.8, 4) is 0 Å². The third kappa shape index (κ3) is 3.72. The van der Waals surface area contributed by atoms with Crippen molar-refractivity contribution in [1.29, 1.82) is 0 Å². The largest absolute Gasteiger partial charge is 0.298 e. The maximum absolute atomic E-state index is 11.6. The lowest BCUT2D eigenvalue weighted by Gasteiger charge is -1.96. The zero-order chi connectivity index (χ0) is 14.5. The zero-order valence-corrected chi connectivity index (χ0v) is 11.4. The van der Waals surface area contributed by atoms with Crippen LogP contribution in [0.5, 0.6) is 0 Å². The number of thiazole rings is 1. The fraction of sp³-hybridized carbons (Fsp3) is 0.0769. The molecule has 102 valence electrons. The van der Waals surface area contributed by atoms with Gasteiger partial charge in [0.25, 0.3) is 5.69 Å². The van der Waals surface area contributed by atoms with E-state index < -0.39 is 4.92 Å². The molecule has 1 amide bonds. The van der Waals surface area contributed by atoms with Crippen molar-refractivity contribution in [2.24, 2.45) is 0 Å². The van der Waals surface area contributed by atoms with E-state index in [4.69, 9.17) is 0 Å². The summed E-state index contributed by atoms with van der Waals surface area (Å²) in [5.41, 5.74) is 1.42. The second-order valence-electron chi connectivity index (χ2n) is 3.97. The van der Waals surface area contributed by atoms with Gasteiger partial charge in [0.15, 0.2) is 5.13 Å². The number of rotatable bonds is 4. The van der Waals surface area contributed by atoms with Gasteiger partial charge in [0.1, 0.15) is 0 Å². The number of nitro groups is 1. The molecule has 0 aliphatic carbocycles. The molecule has 1 aromatic carbocycles. The number of hydrogen-bond donors (Lipinski definition) is 1. The number of carbonyl (C=O) groups excluding carboxylic acids is 1. The molecule has 20 heavy (non-hydrogen) atoms. The summed E-state index contributed by atoms with van der Waals surface area (Å²) in [5.74, 6) is -0.328. The van der Waals surface area contributed by atoms with Crippen molar-refractivity contribution in [3.63, 3.8) is 0 Å². The summed E-state index contributed by atoms with van der Waals surface area (Å²) in [4.78, 5) is 25.9. The molecule has 0 saturated heterocycles. The minimum atomic E-state index is -0.476. The van der Waals surface area contributed by atoms with E-state index in [2.05, 4.69) is 10.3 Å². The molecule has 2 aromatic rings. The van der Waals surface area contributed by atoms with E-state index in [1.807, 2.05) is 12.3 Å². The van der Waals surface area contributed by atoms with E-state index in [0.717, 1.165) is 5.69 Å². The molecule has 7 heteroatoms. The highest BCUT2D eigenvalue weighted by Crippen LogP contribution is 2.16. The summed E-state index contributed by atoms with van der Waals surface area (Å²) in [5, 5.41) is 15.6. The fourth-order valence-electron chi connectivity index (χ4n) is 1.47. The Morgan fingerprint density at radius 1 is 1.50 bits per heavy atom. The van der Waals surface area contributed by atoms with Crippen LogP contribution in [0.4, 0.5) is 10.8 Å². The number of aryl methyl sites for hydroxylation is 1. The number of nitrogens with zero attached hydrogens (tertiary/aromatic N) is 2. The molecule has 0 aliphatic heterocycles. The van der Waals surface area contributed by atoms with Crippen LogP contribution in [0.1, 0.15) is 11.3 Å². The Balaban J connectivity index is 2.03. The molecule has 0 spiro atoms. The molecule has 6 nitrogen and oxygen atoms in total. The third-order valence-electron chi connectivity index (χ3n) is 2.36. The Labute approximate surface area is 118 Å². The van der Waals surface area contributed by atoms with Gasteiger partial charge in [-0.25, -0.2) is 4.98 Å². The Morgan fingerprint density at radius 3 is 2.95 bits per heavy atom. The lowest BCUT2D eigenvalue weighted by atomic mass is 10.2. The third-order valence-corrected chi connectivity index (χ3v) is 3.23. The number of carbonyl (C=O) groups is 1. The maximum atomic E-state index is 11.6. The summed E-state index contributed by atoms with van der Waals surface area (Å²) in [7, 11) is 0. The van der Waals surface area contributed by atoms with Crippen molar-refractivity contribution in [3.05, 3.63) is 57.1 Å².